The normalized spacial score (nSPS) is 15.1. The van der Waals surface area contributed by atoms with Crippen molar-refractivity contribution in [2.24, 2.45) is 5.92 Å². The minimum Gasteiger partial charge on any atom is -0.478 e. The zero-order valence-electron chi connectivity index (χ0n) is 14.4. The molecule has 1 aliphatic carbocycles. The molecule has 1 aliphatic rings. The van der Waals surface area contributed by atoms with Gasteiger partial charge >= 0.3 is 5.97 Å². The third-order valence-electron chi connectivity index (χ3n) is 4.89. The van der Waals surface area contributed by atoms with Crippen LogP contribution in [0.15, 0.2) is 29.6 Å². The molecule has 1 fully saturated rings. The number of carboxylic acid groups (broad SMARTS) is 1. The van der Waals surface area contributed by atoms with E-state index in [-0.39, 0.29) is 17.4 Å². The van der Waals surface area contributed by atoms with E-state index in [2.05, 4.69) is 12.2 Å². The van der Waals surface area contributed by atoms with Gasteiger partial charge in [-0.25, -0.2) is 4.79 Å². The predicted molar refractivity (Wildman–Crippen MR) is 101 cm³/mol. The first-order valence-corrected chi connectivity index (χ1v) is 9.73. The molecule has 1 heterocycles. The van der Waals surface area contributed by atoms with Crippen molar-refractivity contribution in [1.29, 1.82) is 0 Å². The number of anilines is 1. The molecule has 2 aromatic rings. The van der Waals surface area contributed by atoms with Crippen molar-refractivity contribution < 1.29 is 14.7 Å². The summed E-state index contributed by atoms with van der Waals surface area (Å²) in [6.07, 6.45) is 6.06. The monoisotopic (exact) mass is 357 g/mol. The lowest BCUT2D eigenvalue weighted by molar-refractivity contribution is -0.120. The van der Waals surface area contributed by atoms with Crippen LogP contribution in [0.1, 0.15) is 54.9 Å². The van der Waals surface area contributed by atoms with Crippen LogP contribution in [0.5, 0.6) is 0 Å². The predicted octanol–water partition coefficient (Wildman–Crippen LogP) is 5.19. The Bertz CT molecular complexity index is 758. The number of rotatable bonds is 5. The molecule has 1 aromatic carbocycles. The summed E-state index contributed by atoms with van der Waals surface area (Å²) in [5.74, 6) is -1.04. The molecule has 0 atom stereocenters. The molecule has 25 heavy (non-hydrogen) atoms. The van der Waals surface area contributed by atoms with Crippen molar-refractivity contribution in [3.63, 3.8) is 0 Å². The Labute approximate surface area is 151 Å². The quantitative estimate of drug-likeness (QED) is 0.773. The Morgan fingerprint density at radius 3 is 2.44 bits per heavy atom. The van der Waals surface area contributed by atoms with Crippen molar-refractivity contribution in [3.05, 3.63) is 40.8 Å². The first-order chi connectivity index (χ1) is 12.1. The van der Waals surface area contributed by atoms with Crippen LogP contribution in [-0.4, -0.2) is 17.0 Å². The van der Waals surface area contributed by atoms with Crippen LogP contribution in [0.4, 0.5) is 5.00 Å². The smallest absolute Gasteiger partial charge is 0.339 e. The van der Waals surface area contributed by atoms with Gasteiger partial charge in [0.05, 0.1) is 0 Å². The zero-order valence-corrected chi connectivity index (χ0v) is 15.2. The standard InChI is InChI=1S/C20H23NO3S/c1-2-13-8-10-14(11-9-13)16-12-25-19(17(16)20(23)24)21-18(22)15-6-4-3-5-7-15/h8-12,15H,2-7H2,1H3,(H,21,22)(H,23,24). The number of thiophene rings is 1. The molecular weight excluding hydrogens is 334 g/mol. The van der Waals surface area contributed by atoms with E-state index in [1.165, 1.54) is 23.3 Å². The van der Waals surface area contributed by atoms with E-state index in [4.69, 9.17) is 0 Å². The van der Waals surface area contributed by atoms with Gasteiger partial charge < -0.3 is 10.4 Å². The molecule has 2 N–H and O–H groups in total. The maximum atomic E-state index is 12.5. The molecule has 1 saturated carbocycles. The lowest BCUT2D eigenvalue weighted by atomic mass is 9.88. The van der Waals surface area contributed by atoms with Crippen LogP contribution in [0.25, 0.3) is 11.1 Å². The van der Waals surface area contributed by atoms with Gasteiger partial charge in [-0.15, -0.1) is 11.3 Å². The van der Waals surface area contributed by atoms with Gasteiger partial charge in [-0.2, -0.15) is 0 Å². The van der Waals surface area contributed by atoms with Gasteiger partial charge in [0, 0.05) is 16.9 Å². The topological polar surface area (TPSA) is 66.4 Å². The minimum atomic E-state index is -1.00. The Kier molecular flexibility index (Phi) is 5.53. The third-order valence-corrected chi connectivity index (χ3v) is 5.79. The highest BCUT2D eigenvalue weighted by Gasteiger charge is 2.25. The molecular formula is C20H23NO3S. The summed E-state index contributed by atoms with van der Waals surface area (Å²) in [4.78, 5) is 24.3. The van der Waals surface area contributed by atoms with Crippen molar-refractivity contribution in [1.82, 2.24) is 0 Å². The number of carbonyl (C=O) groups is 2. The van der Waals surface area contributed by atoms with E-state index in [1.54, 1.807) is 0 Å². The van der Waals surface area contributed by atoms with Gasteiger partial charge in [-0.05, 0) is 30.4 Å². The second-order valence-electron chi connectivity index (χ2n) is 6.53. The average molecular weight is 357 g/mol. The maximum Gasteiger partial charge on any atom is 0.339 e. The van der Waals surface area contributed by atoms with Crippen LogP contribution in [0.2, 0.25) is 0 Å². The van der Waals surface area contributed by atoms with Crippen LogP contribution in [-0.2, 0) is 11.2 Å². The molecule has 0 radical (unpaired) electrons. The second-order valence-corrected chi connectivity index (χ2v) is 7.41. The molecule has 132 valence electrons. The summed E-state index contributed by atoms with van der Waals surface area (Å²) >= 11 is 1.29. The number of amides is 1. The molecule has 4 nitrogen and oxygen atoms in total. The molecule has 0 saturated heterocycles. The molecule has 3 rings (SSSR count). The SMILES string of the molecule is CCc1ccc(-c2csc(NC(=O)C3CCCCC3)c2C(=O)O)cc1. The van der Waals surface area contributed by atoms with Gasteiger partial charge in [-0.3, -0.25) is 4.79 Å². The number of hydrogen-bond acceptors (Lipinski definition) is 3. The summed E-state index contributed by atoms with van der Waals surface area (Å²) in [5.41, 5.74) is 2.93. The lowest BCUT2D eigenvalue weighted by Gasteiger charge is -2.20. The average Bonchev–Trinajstić information content (AvgIpc) is 3.06. The first-order valence-electron chi connectivity index (χ1n) is 8.85. The van der Waals surface area contributed by atoms with E-state index < -0.39 is 5.97 Å². The summed E-state index contributed by atoms with van der Waals surface area (Å²) in [5, 5.41) is 14.8. The molecule has 0 bridgehead atoms. The number of carbonyl (C=O) groups excluding carboxylic acids is 1. The van der Waals surface area contributed by atoms with Gasteiger partial charge in [0.15, 0.2) is 0 Å². The fourth-order valence-corrected chi connectivity index (χ4v) is 4.34. The van der Waals surface area contributed by atoms with Gasteiger partial charge in [-0.1, -0.05) is 50.5 Å². The van der Waals surface area contributed by atoms with E-state index in [0.717, 1.165) is 37.7 Å². The molecule has 0 unspecified atom stereocenters. The Morgan fingerprint density at radius 2 is 1.84 bits per heavy atom. The minimum absolute atomic E-state index is 0.00443. The summed E-state index contributed by atoms with van der Waals surface area (Å²) in [6.45, 7) is 2.08. The lowest BCUT2D eigenvalue weighted by Crippen LogP contribution is -2.25. The number of benzene rings is 1. The first kappa shape index (κ1) is 17.7. The van der Waals surface area contributed by atoms with Crippen molar-refractivity contribution in [2.75, 3.05) is 5.32 Å². The number of carboxylic acids is 1. The fraction of sp³-hybridized carbons (Fsp3) is 0.400. The Morgan fingerprint density at radius 1 is 1.16 bits per heavy atom. The largest absolute Gasteiger partial charge is 0.478 e. The van der Waals surface area contributed by atoms with Gasteiger partial charge in [0.1, 0.15) is 10.6 Å². The maximum absolute atomic E-state index is 12.5. The number of nitrogens with one attached hydrogen (secondary N) is 1. The number of aryl methyl sites for hydroxylation is 1. The summed E-state index contributed by atoms with van der Waals surface area (Å²) in [6, 6.07) is 7.91. The van der Waals surface area contributed by atoms with Gasteiger partial charge in [0.2, 0.25) is 5.91 Å². The summed E-state index contributed by atoms with van der Waals surface area (Å²) in [7, 11) is 0. The molecule has 1 aromatic heterocycles. The number of aromatic carboxylic acids is 1. The van der Waals surface area contributed by atoms with Crippen LogP contribution < -0.4 is 5.32 Å². The van der Waals surface area contributed by atoms with Crippen molar-refractivity contribution in [2.45, 2.75) is 45.4 Å². The molecule has 5 heteroatoms. The van der Waals surface area contributed by atoms with Crippen molar-refractivity contribution in [3.8, 4) is 11.1 Å². The highest BCUT2D eigenvalue weighted by atomic mass is 32.1. The highest BCUT2D eigenvalue weighted by Crippen LogP contribution is 2.36. The van der Waals surface area contributed by atoms with E-state index in [0.29, 0.717) is 10.6 Å². The van der Waals surface area contributed by atoms with E-state index >= 15 is 0 Å². The van der Waals surface area contributed by atoms with Gasteiger partial charge in [0.25, 0.3) is 0 Å². The van der Waals surface area contributed by atoms with Crippen LogP contribution >= 0.6 is 11.3 Å². The molecule has 1 amide bonds. The Hall–Kier alpha value is -2.14. The fourth-order valence-electron chi connectivity index (χ4n) is 3.37. The Balaban J connectivity index is 1.86. The highest BCUT2D eigenvalue weighted by molar-refractivity contribution is 7.15. The number of hydrogen-bond donors (Lipinski definition) is 2. The molecule has 0 aliphatic heterocycles. The third kappa shape index (κ3) is 3.93. The molecule has 0 spiro atoms. The second kappa shape index (κ2) is 7.83. The van der Waals surface area contributed by atoms with Crippen LogP contribution in [0.3, 0.4) is 0 Å². The van der Waals surface area contributed by atoms with Crippen molar-refractivity contribution >= 4 is 28.2 Å². The zero-order chi connectivity index (χ0) is 17.8. The summed E-state index contributed by atoms with van der Waals surface area (Å²) < 4.78 is 0. The van der Waals surface area contributed by atoms with E-state index in [1.807, 2.05) is 29.6 Å². The van der Waals surface area contributed by atoms with E-state index in [9.17, 15) is 14.7 Å². The van der Waals surface area contributed by atoms with Crippen LogP contribution in [0, 0.1) is 5.92 Å².